The van der Waals surface area contributed by atoms with Gasteiger partial charge in [0.15, 0.2) is 0 Å². The van der Waals surface area contributed by atoms with Crippen molar-refractivity contribution >= 4 is 11.6 Å². The summed E-state index contributed by atoms with van der Waals surface area (Å²) in [5.41, 5.74) is 6.79. The van der Waals surface area contributed by atoms with Gasteiger partial charge in [-0.3, -0.25) is 4.79 Å². The van der Waals surface area contributed by atoms with Gasteiger partial charge in [0.1, 0.15) is 24.4 Å². The van der Waals surface area contributed by atoms with Crippen molar-refractivity contribution in [3.63, 3.8) is 0 Å². The highest BCUT2D eigenvalue weighted by atomic mass is 16.5. The van der Waals surface area contributed by atoms with E-state index >= 15 is 0 Å². The van der Waals surface area contributed by atoms with Crippen LogP contribution in [0.4, 0.5) is 5.69 Å². The molecular weight excluding hydrogens is 244 g/mol. The number of carbonyl (C=O) groups is 1. The number of aryl methyl sites for hydroxylation is 1. The van der Waals surface area contributed by atoms with Gasteiger partial charge in [0.2, 0.25) is 0 Å². The molecule has 1 aromatic carbocycles. The Morgan fingerprint density at radius 1 is 1.42 bits per heavy atom. The molecule has 3 N–H and O–H groups in total. The van der Waals surface area contributed by atoms with E-state index in [1.807, 2.05) is 12.1 Å². The molecule has 2 aromatic rings. The van der Waals surface area contributed by atoms with Gasteiger partial charge in [-0.2, -0.15) is 0 Å². The van der Waals surface area contributed by atoms with Crippen molar-refractivity contribution in [3.05, 3.63) is 47.9 Å². The smallest absolute Gasteiger partial charge is 0.254 e. The molecule has 0 saturated heterocycles. The summed E-state index contributed by atoms with van der Waals surface area (Å²) in [4.78, 5) is 11.7. The number of nitrogen functional groups attached to an aromatic ring is 1. The molecule has 1 heterocycles. The predicted molar refractivity (Wildman–Crippen MR) is 72.1 cm³/mol. The number of hydrogen-bond acceptors (Lipinski definition) is 4. The van der Waals surface area contributed by atoms with E-state index in [-0.39, 0.29) is 5.91 Å². The van der Waals surface area contributed by atoms with Crippen LogP contribution in [0, 0.1) is 6.92 Å². The van der Waals surface area contributed by atoms with Crippen LogP contribution < -0.4 is 15.8 Å². The zero-order chi connectivity index (χ0) is 13.7. The minimum Gasteiger partial charge on any atom is -0.492 e. The Hall–Kier alpha value is -2.43. The van der Waals surface area contributed by atoms with Crippen LogP contribution in [0.3, 0.4) is 0 Å². The second-order valence-electron chi connectivity index (χ2n) is 4.12. The Kier molecular flexibility index (Phi) is 4.07. The lowest BCUT2D eigenvalue weighted by Crippen LogP contribution is -2.27. The van der Waals surface area contributed by atoms with E-state index in [1.54, 1.807) is 25.1 Å². The summed E-state index contributed by atoms with van der Waals surface area (Å²) in [6.45, 7) is 2.59. The maximum atomic E-state index is 11.7. The minimum atomic E-state index is -0.173. The molecular formula is C14H16N2O3. The van der Waals surface area contributed by atoms with Gasteiger partial charge in [0.25, 0.3) is 5.91 Å². The van der Waals surface area contributed by atoms with Crippen LogP contribution in [0.5, 0.6) is 5.75 Å². The van der Waals surface area contributed by atoms with E-state index in [9.17, 15) is 4.79 Å². The van der Waals surface area contributed by atoms with Crippen molar-refractivity contribution in [1.29, 1.82) is 0 Å². The Bertz CT molecular complexity index is 563. The average Bonchev–Trinajstić information content (AvgIpc) is 2.81. The van der Waals surface area contributed by atoms with E-state index in [2.05, 4.69) is 5.32 Å². The fraction of sp³-hybridized carbons (Fsp3) is 0.214. The van der Waals surface area contributed by atoms with Gasteiger partial charge < -0.3 is 20.2 Å². The molecule has 0 aliphatic carbocycles. The van der Waals surface area contributed by atoms with E-state index in [1.165, 1.54) is 6.26 Å². The van der Waals surface area contributed by atoms with E-state index in [0.29, 0.717) is 35.9 Å². The zero-order valence-electron chi connectivity index (χ0n) is 10.7. The molecule has 0 fully saturated rings. The SMILES string of the molecule is Cc1cc(C(=O)NCCOc2cccc(N)c2)co1. The van der Waals surface area contributed by atoms with Crippen molar-refractivity contribution in [2.75, 3.05) is 18.9 Å². The van der Waals surface area contributed by atoms with E-state index in [0.717, 1.165) is 0 Å². The number of amides is 1. The first-order valence-electron chi connectivity index (χ1n) is 5.97. The van der Waals surface area contributed by atoms with Gasteiger partial charge in [-0.25, -0.2) is 0 Å². The third-order valence-corrected chi connectivity index (χ3v) is 2.51. The third kappa shape index (κ3) is 3.77. The molecule has 0 spiro atoms. The van der Waals surface area contributed by atoms with Crippen molar-refractivity contribution < 1.29 is 13.9 Å². The molecule has 1 amide bonds. The van der Waals surface area contributed by atoms with Crippen molar-refractivity contribution in [1.82, 2.24) is 5.32 Å². The van der Waals surface area contributed by atoms with E-state index < -0.39 is 0 Å². The minimum absolute atomic E-state index is 0.173. The normalized spacial score (nSPS) is 10.2. The van der Waals surface area contributed by atoms with Crippen LogP contribution in [-0.4, -0.2) is 19.1 Å². The number of furan rings is 1. The summed E-state index contributed by atoms with van der Waals surface area (Å²) >= 11 is 0. The highest BCUT2D eigenvalue weighted by molar-refractivity contribution is 5.93. The maximum Gasteiger partial charge on any atom is 0.254 e. The summed E-state index contributed by atoms with van der Waals surface area (Å²) < 4.78 is 10.5. The summed E-state index contributed by atoms with van der Waals surface area (Å²) in [6.07, 6.45) is 1.43. The molecule has 0 bridgehead atoms. The van der Waals surface area contributed by atoms with Gasteiger partial charge in [-0.05, 0) is 25.1 Å². The van der Waals surface area contributed by atoms with Gasteiger partial charge in [-0.15, -0.1) is 0 Å². The van der Waals surface area contributed by atoms with Crippen molar-refractivity contribution in [2.24, 2.45) is 0 Å². The number of ether oxygens (including phenoxy) is 1. The quantitative estimate of drug-likeness (QED) is 0.636. The molecule has 19 heavy (non-hydrogen) atoms. The van der Waals surface area contributed by atoms with Crippen molar-refractivity contribution in [3.8, 4) is 5.75 Å². The van der Waals surface area contributed by atoms with Crippen LogP contribution in [-0.2, 0) is 0 Å². The van der Waals surface area contributed by atoms with Crippen LogP contribution in [0.15, 0.2) is 41.0 Å². The molecule has 0 saturated carbocycles. The molecule has 0 atom stereocenters. The molecule has 5 heteroatoms. The first-order valence-corrected chi connectivity index (χ1v) is 5.97. The number of benzene rings is 1. The molecule has 2 rings (SSSR count). The molecule has 0 aliphatic rings. The summed E-state index contributed by atoms with van der Waals surface area (Å²) in [7, 11) is 0. The first-order chi connectivity index (χ1) is 9.15. The summed E-state index contributed by atoms with van der Waals surface area (Å²) in [5, 5.41) is 2.74. The number of nitrogens with two attached hydrogens (primary N) is 1. The van der Waals surface area contributed by atoms with Crippen LogP contribution >= 0.6 is 0 Å². The molecule has 1 aromatic heterocycles. The van der Waals surface area contributed by atoms with Crippen LogP contribution in [0.25, 0.3) is 0 Å². The number of rotatable bonds is 5. The lowest BCUT2D eigenvalue weighted by atomic mass is 10.3. The van der Waals surface area contributed by atoms with Crippen LogP contribution in [0.2, 0.25) is 0 Å². The number of hydrogen-bond donors (Lipinski definition) is 2. The van der Waals surface area contributed by atoms with Gasteiger partial charge in [0, 0.05) is 11.8 Å². The average molecular weight is 260 g/mol. The molecule has 100 valence electrons. The molecule has 5 nitrogen and oxygen atoms in total. The van der Waals surface area contributed by atoms with Crippen molar-refractivity contribution in [2.45, 2.75) is 6.92 Å². The van der Waals surface area contributed by atoms with Crippen LogP contribution in [0.1, 0.15) is 16.1 Å². The van der Waals surface area contributed by atoms with Gasteiger partial charge in [-0.1, -0.05) is 6.07 Å². The fourth-order valence-corrected chi connectivity index (χ4v) is 1.60. The summed E-state index contributed by atoms with van der Waals surface area (Å²) in [6, 6.07) is 8.85. The maximum absolute atomic E-state index is 11.7. The van der Waals surface area contributed by atoms with Gasteiger partial charge in [0.05, 0.1) is 12.1 Å². The Morgan fingerprint density at radius 3 is 2.95 bits per heavy atom. The molecule has 0 aliphatic heterocycles. The monoisotopic (exact) mass is 260 g/mol. The fourth-order valence-electron chi connectivity index (χ4n) is 1.60. The predicted octanol–water partition coefficient (Wildman–Crippen LogP) is 1.98. The Labute approximate surface area is 111 Å². The van der Waals surface area contributed by atoms with Gasteiger partial charge >= 0.3 is 0 Å². The first kappa shape index (κ1) is 13.0. The topological polar surface area (TPSA) is 77.5 Å². The standard InChI is InChI=1S/C14H16N2O3/c1-10-7-11(9-19-10)14(17)16-5-6-18-13-4-2-3-12(15)8-13/h2-4,7-9H,5-6,15H2,1H3,(H,16,17). The lowest BCUT2D eigenvalue weighted by molar-refractivity contribution is 0.0946. The molecule has 0 unspecified atom stereocenters. The number of nitrogens with one attached hydrogen (secondary N) is 1. The highest BCUT2D eigenvalue weighted by Crippen LogP contribution is 2.13. The number of anilines is 1. The zero-order valence-corrected chi connectivity index (χ0v) is 10.7. The highest BCUT2D eigenvalue weighted by Gasteiger charge is 2.07. The molecule has 0 radical (unpaired) electrons. The summed E-state index contributed by atoms with van der Waals surface area (Å²) in [5.74, 6) is 1.22. The third-order valence-electron chi connectivity index (χ3n) is 2.51. The number of carbonyl (C=O) groups excluding carboxylic acids is 1. The second-order valence-corrected chi connectivity index (χ2v) is 4.12. The Morgan fingerprint density at radius 2 is 2.26 bits per heavy atom. The Balaban J connectivity index is 1.74. The lowest BCUT2D eigenvalue weighted by Gasteiger charge is -2.07. The van der Waals surface area contributed by atoms with E-state index in [4.69, 9.17) is 14.9 Å². The second kappa shape index (κ2) is 5.95. The largest absolute Gasteiger partial charge is 0.492 e.